The summed E-state index contributed by atoms with van der Waals surface area (Å²) in [5.74, 6) is 0.124. The predicted molar refractivity (Wildman–Crippen MR) is 125 cm³/mol. The van der Waals surface area contributed by atoms with Crippen LogP contribution in [0.5, 0.6) is 0 Å². The van der Waals surface area contributed by atoms with E-state index in [0.717, 1.165) is 23.4 Å². The van der Waals surface area contributed by atoms with Crippen LogP contribution in [0.15, 0.2) is 84.9 Å². The molecule has 3 aromatic carbocycles. The molecule has 31 heavy (non-hydrogen) atoms. The molecule has 4 heteroatoms. The van der Waals surface area contributed by atoms with Crippen molar-refractivity contribution in [2.75, 3.05) is 9.80 Å². The van der Waals surface area contributed by atoms with E-state index in [2.05, 4.69) is 19.1 Å². The van der Waals surface area contributed by atoms with Gasteiger partial charge in [-0.05, 0) is 49.1 Å². The fraction of sp³-hybridized carbons (Fsp3) is 0.259. The van der Waals surface area contributed by atoms with Crippen molar-refractivity contribution in [3.63, 3.8) is 0 Å². The molecule has 2 atom stereocenters. The van der Waals surface area contributed by atoms with Gasteiger partial charge in [-0.25, -0.2) is 0 Å². The highest BCUT2D eigenvalue weighted by atomic mass is 16.2. The van der Waals surface area contributed by atoms with E-state index in [1.165, 1.54) is 5.56 Å². The molecule has 0 spiro atoms. The van der Waals surface area contributed by atoms with E-state index in [9.17, 15) is 9.59 Å². The van der Waals surface area contributed by atoms with E-state index >= 15 is 0 Å². The topological polar surface area (TPSA) is 40.6 Å². The zero-order valence-electron chi connectivity index (χ0n) is 18.1. The molecule has 0 radical (unpaired) electrons. The van der Waals surface area contributed by atoms with E-state index in [0.29, 0.717) is 12.8 Å². The number of aryl methyl sites for hydroxylation is 1. The Morgan fingerprint density at radius 2 is 1.52 bits per heavy atom. The van der Waals surface area contributed by atoms with E-state index in [-0.39, 0.29) is 23.9 Å². The fourth-order valence-corrected chi connectivity index (χ4v) is 4.59. The highest BCUT2D eigenvalue weighted by molar-refractivity contribution is 5.97. The molecule has 0 aromatic heterocycles. The summed E-state index contributed by atoms with van der Waals surface area (Å²) in [5, 5.41) is 0. The van der Waals surface area contributed by atoms with Crippen LogP contribution < -0.4 is 9.80 Å². The van der Waals surface area contributed by atoms with E-state index in [1.54, 1.807) is 6.92 Å². The molecule has 2 amide bonds. The van der Waals surface area contributed by atoms with Crippen molar-refractivity contribution in [1.29, 1.82) is 0 Å². The fourth-order valence-electron chi connectivity index (χ4n) is 4.59. The molecule has 0 fully saturated rings. The Hall–Kier alpha value is -3.40. The predicted octanol–water partition coefficient (Wildman–Crippen LogP) is 5.54. The SMILES string of the molecule is CC(=O)N(c1ccccc1)C1CC(C)N(C(=O)CCc2ccccc2)c2ccccc21. The highest BCUT2D eigenvalue weighted by Gasteiger charge is 2.37. The van der Waals surface area contributed by atoms with Gasteiger partial charge in [-0.1, -0.05) is 66.7 Å². The summed E-state index contributed by atoms with van der Waals surface area (Å²) in [4.78, 5) is 29.7. The zero-order valence-corrected chi connectivity index (χ0v) is 18.1. The van der Waals surface area contributed by atoms with Gasteiger partial charge in [-0.15, -0.1) is 0 Å². The Kier molecular flexibility index (Phi) is 6.17. The maximum atomic E-state index is 13.3. The van der Waals surface area contributed by atoms with Gasteiger partial charge >= 0.3 is 0 Å². The number of anilines is 2. The number of rotatable bonds is 5. The molecular weight excluding hydrogens is 384 g/mol. The maximum absolute atomic E-state index is 13.3. The minimum Gasteiger partial charge on any atom is -0.309 e. The third-order valence-electron chi connectivity index (χ3n) is 5.98. The first-order valence-electron chi connectivity index (χ1n) is 10.9. The molecule has 4 nitrogen and oxygen atoms in total. The summed E-state index contributed by atoms with van der Waals surface area (Å²) in [7, 11) is 0. The standard InChI is InChI=1S/C27H28N2O2/c1-20-19-26(29(21(2)30)23-13-7-4-8-14-23)24-15-9-10-16-25(24)28(20)27(31)18-17-22-11-5-3-6-12-22/h3-16,20,26H,17-19H2,1-2H3. The lowest BCUT2D eigenvalue weighted by molar-refractivity contribution is -0.119. The van der Waals surface area contributed by atoms with Gasteiger partial charge in [-0.3, -0.25) is 9.59 Å². The van der Waals surface area contributed by atoms with Crippen molar-refractivity contribution in [2.24, 2.45) is 0 Å². The Morgan fingerprint density at radius 1 is 0.903 bits per heavy atom. The summed E-state index contributed by atoms with van der Waals surface area (Å²) in [6.07, 6.45) is 1.88. The van der Waals surface area contributed by atoms with E-state index in [1.807, 2.05) is 82.6 Å². The minimum absolute atomic E-state index is 0.00190. The number of hydrogen-bond donors (Lipinski definition) is 0. The second kappa shape index (κ2) is 9.17. The smallest absolute Gasteiger partial charge is 0.227 e. The van der Waals surface area contributed by atoms with Gasteiger partial charge < -0.3 is 9.80 Å². The Bertz CT molecular complexity index is 1050. The Balaban J connectivity index is 1.64. The van der Waals surface area contributed by atoms with Crippen molar-refractivity contribution in [3.05, 3.63) is 96.1 Å². The van der Waals surface area contributed by atoms with Crippen molar-refractivity contribution < 1.29 is 9.59 Å². The summed E-state index contributed by atoms with van der Waals surface area (Å²) >= 11 is 0. The molecule has 0 bridgehead atoms. The molecule has 0 saturated carbocycles. The second-order valence-corrected chi connectivity index (χ2v) is 8.13. The first kappa shape index (κ1) is 20.9. The van der Waals surface area contributed by atoms with Crippen LogP contribution in [0.3, 0.4) is 0 Å². The van der Waals surface area contributed by atoms with Crippen LogP contribution >= 0.6 is 0 Å². The van der Waals surface area contributed by atoms with Crippen molar-refractivity contribution in [1.82, 2.24) is 0 Å². The van der Waals surface area contributed by atoms with Gasteiger partial charge in [0.15, 0.2) is 0 Å². The highest BCUT2D eigenvalue weighted by Crippen LogP contribution is 2.42. The van der Waals surface area contributed by atoms with Crippen LogP contribution in [0.2, 0.25) is 0 Å². The molecule has 0 saturated heterocycles. The average molecular weight is 413 g/mol. The Labute approximate surface area is 184 Å². The number of para-hydroxylation sites is 2. The van der Waals surface area contributed by atoms with Crippen LogP contribution in [-0.2, 0) is 16.0 Å². The normalized spacial score (nSPS) is 17.7. The summed E-state index contributed by atoms with van der Waals surface area (Å²) in [6.45, 7) is 3.68. The molecule has 3 aromatic rings. The lowest BCUT2D eigenvalue weighted by Crippen LogP contribution is -2.47. The van der Waals surface area contributed by atoms with Crippen LogP contribution in [0.25, 0.3) is 0 Å². The van der Waals surface area contributed by atoms with E-state index in [4.69, 9.17) is 0 Å². The van der Waals surface area contributed by atoms with Crippen LogP contribution in [0, 0.1) is 0 Å². The van der Waals surface area contributed by atoms with Crippen molar-refractivity contribution in [2.45, 2.75) is 45.2 Å². The third-order valence-corrected chi connectivity index (χ3v) is 5.98. The van der Waals surface area contributed by atoms with Gasteiger partial charge in [-0.2, -0.15) is 0 Å². The van der Waals surface area contributed by atoms with Crippen molar-refractivity contribution in [3.8, 4) is 0 Å². The lowest BCUT2D eigenvalue weighted by atomic mass is 9.89. The maximum Gasteiger partial charge on any atom is 0.227 e. The monoisotopic (exact) mass is 412 g/mol. The molecule has 1 aliphatic rings. The second-order valence-electron chi connectivity index (χ2n) is 8.13. The quantitative estimate of drug-likeness (QED) is 0.552. The van der Waals surface area contributed by atoms with Gasteiger partial charge in [0.2, 0.25) is 11.8 Å². The molecule has 2 unspecified atom stereocenters. The molecule has 0 N–H and O–H groups in total. The molecule has 4 rings (SSSR count). The molecule has 158 valence electrons. The van der Waals surface area contributed by atoms with E-state index < -0.39 is 0 Å². The summed E-state index contributed by atoms with van der Waals surface area (Å²) in [6, 6.07) is 27.8. The zero-order chi connectivity index (χ0) is 21.8. The molecule has 1 heterocycles. The molecule has 0 aliphatic carbocycles. The number of benzene rings is 3. The molecule has 1 aliphatic heterocycles. The van der Waals surface area contributed by atoms with Crippen LogP contribution in [0.4, 0.5) is 11.4 Å². The van der Waals surface area contributed by atoms with Gasteiger partial charge in [0, 0.05) is 30.8 Å². The minimum atomic E-state index is -0.107. The largest absolute Gasteiger partial charge is 0.309 e. The number of hydrogen-bond acceptors (Lipinski definition) is 2. The Morgan fingerprint density at radius 3 is 2.19 bits per heavy atom. The lowest BCUT2D eigenvalue weighted by Gasteiger charge is -2.43. The van der Waals surface area contributed by atoms with Gasteiger partial charge in [0.1, 0.15) is 0 Å². The number of carbonyl (C=O) groups excluding carboxylic acids is 2. The number of carbonyl (C=O) groups is 2. The van der Waals surface area contributed by atoms with Crippen LogP contribution in [0.1, 0.15) is 43.9 Å². The number of fused-ring (bicyclic) bond motifs is 1. The summed E-state index contributed by atoms with van der Waals surface area (Å²) < 4.78 is 0. The average Bonchev–Trinajstić information content (AvgIpc) is 2.79. The number of amides is 2. The van der Waals surface area contributed by atoms with Crippen molar-refractivity contribution >= 4 is 23.2 Å². The third kappa shape index (κ3) is 4.38. The van der Waals surface area contributed by atoms with Crippen LogP contribution in [-0.4, -0.2) is 17.9 Å². The van der Waals surface area contributed by atoms with Gasteiger partial charge in [0.25, 0.3) is 0 Å². The van der Waals surface area contributed by atoms with Gasteiger partial charge in [0.05, 0.1) is 6.04 Å². The number of nitrogens with zero attached hydrogens (tertiary/aromatic N) is 2. The first-order chi connectivity index (χ1) is 15.1. The summed E-state index contributed by atoms with van der Waals surface area (Å²) in [5.41, 5.74) is 3.98. The first-order valence-corrected chi connectivity index (χ1v) is 10.9. The molecular formula is C27H28N2O2.